The summed E-state index contributed by atoms with van der Waals surface area (Å²) in [7, 11) is 1.45. The zero-order valence-electron chi connectivity index (χ0n) is 19.6. The van der Waals surface area contributed by atoms with Crippen molar-refractivity contribution < 1.29 is 24.1 Å². The van der Waals surface area contributed by atoms with E-state index in [2.05, 4.69) is 0 Å². The minimum absolute atomic E-state index is 0.0979. The van der Waals surface area contributed by atoms with Gasteiger partial charge < -0.3 is 19.3 Å². The van der Waals surface area contributed by atoms with Gasteiger partial charge in [0.2, 0.25) is 0 Å². The van der Waals surface area contributed by atoms with E-state index >= 15 is 0 Å². The highest BCUT2D eigenvalue weighted by molar-refractivity contribution is 6.03. The Labute approximate surface area is 205 Å². The molecule has 4 aromatic rings. The molecule has 0 aliphatic carbocycles. The van der Waals surface area contributed by atoms with Crippen LogP contribution in [0.1, 0.15) is 32.6 Å². The van der Waals surface area contributed by atoms with Crippen molar-refractivity contribution in [2.45, 2.75) is 19.6 Å². The van der Waals surface area contributed by atoms with Crippen molar-refractivity contribution in [1.29, 1.82) is 0 Å². The highest BCUT2D eigenvalue weighted by Gasteiger charge is 2.25. The van der Waals surface area contributed by atoms with Gasteiger partial charge in [0.15, 0.2) is 5.78 Å². The largest absolute Gasteiger partial charge is 0.507 e. The van der Waals surface area contributed by atoms with E-state index in [1.807, 2.05) is 91.0 Å². The molecule has 0 spiro atoms. The van der Waals surface area contributed by atoms with Crippen molar-refractivity contribution in [2.24, 2.45) is 0 Å². The number of Topliss-reactive ketones (excluding diaryl/α,β-unsaturated/α-hetero) is 1. The van der Waals surface area contributed by atoms with Crippen molar-refractivity contribution in [3.63, 3.8) is 0 Å². The van der Waals surface area contributed by atoms with E-state index in [0.717, 1.165) is 16.7 Å². The Morgan fingerprint density at radius 1 is 0.714 bits per heavy atom. The third kappa shape index (κ3) is 6.28. The highest BCUT2D eigenvalue weighted by Crippen LogP contribution is 2.41. The molecule has 0 amide bonds. The van der Waals surface area contributed by atoms with Crippen LogP contribution in [0, 0.1) is 0 Å². The number of phenolic OH excluding ortho intramolecular Hbond substituents is 1. The molecule has 5 heteroatoms. The number of benzene rings is 4. The average Bonchev–Trinajstić information content (AvgIpc) is 2.90. The third-order valence-electron chi connectivity index (χ3n) is 5.58. The van der Waals surface area contributed by atoms with Crippen molar-refractivity contribution in [3.8, 4) is 17.2 Å². The molecule has 4 rings (SSSR count). The molecule has 0 fully saturated rings. The Bertz CT molecular complexity index is 1240. The van der Waals surface area contributed by atoms with Crippen LogP contribution in [0.2, 0.25) is 0 Å². The molecule has 0 aromatic heterocycles. The van der Waals surface area contributed by atoms with Crippen LogP contribution in [-0.4, -0.2) is 24.6 Å². The average molecular weight is 469 g/mol. The van der Waals surface area contributed by atoms with Crippen LogP contribution in [0.25, 0.3) is 0 Å². The molecule has 35 heavy (non-hydrogen) atoms. The first kappa shape index (κ1) is 24.0. The summed E-state index contributed by atoms with van der Waals surface area (Å²) < 4.78 is 17.3. The molecular weight excluding hydrogens is 440 g/mol. The molecule has 0 bridgehead atoms. The summed E-state index contributed by atoms with van der Waals surface area (Å²) in [5, 5.41) is 11.4. The molecule has 4 aromatic carbocycles. The van der Waals surface area contributed by atoms with Gasteiger partial charge in [-0.2, -0.15) is 0 Å². The number of ketones is 1. The normalized spacial score (nSPS) is 10.7. The summed E-state index contributed by atoms with van der Waals surface area (Å²) in [4.78, 5) is 13.0. The van der Waals surface area contributed by atoms with E-state index in [1.165, 1.54) is 7.11 Å². The fourth-order valence-electron chi connectivity index (χ4n) is 3.82. The van der Waals surface area contributed by atoms with Gasteiger partial charge in [-0.05, 0) is 16.7 Å². The van der Waals surface area contributed by atoms with Crippen LogP contribution in [0.5, 0.6) is 17.2 Å². The lowest BCUT2D eigenvalue weighted by molar-refractivity contribution is 0.0840. The number of phenols is 1. The van der Waals surface area contributed by atoms with Crippen LogP contribution in [0.15, 0.2) is 97.1 Å². The summed E-state index contributed by atoms with van der Waals surface area (Å²) in [5.74, 6) is 0.210. The molecule has 0 atom stereocenters. The maximum absolute atomic E-state index is 13.0. The number of carbonyl (C=O) groups is 1. The maximum Gasteiger partial charge on any atom is 0.195 e. The van der Waals surface area contributed by atoms with Crippen LogP contribution in [0.4, 0.5) is 0 Å². The van der Waals surface area contributed by atoms with Gasteiger partial charge in [0, 0.05) is 25.2 Å². The van der Waals surface area contributed by atoms with Gasteiger partial charge in [0.05, 0.1) is 0 Å². The Balaban J connectivity index is 1.75. The van der Waals surface area contributed by atoms with Gasteiger partial charge in [-0.25, -0.2) is 0 Å². The van der Waals surface area contributed by atoms with Crippen molar-refractivity contribution in [2.75, 3.05) is 13.7 Å². The monoisotopic (exact) mass is 468 g/mol. The fraction of sp³-hybridized carbons (Fsp3) is 0.167. The Morgan fingerprint density at radius 3 is 1.71 bits per heavy atom. The molecule has 178 valence electrons. The van der Waals surface area contributed by atoms with Gasteiger partial charge in [-0.3, -0.25) is 4.79 Å². The van der Waals surface area contributed by atoms with E-state index < -0.39 is 0 Å². The lowest BCUT2D eigenvalue weighted by Gasteiger charge is -2.20. The second kappa shape index (κ2) is 11.9. The number of methoxy groups -OCH3 is 1. The number of carbonyl (C=O) groups excluding carboxylic acids is 1. The zero-order valence-corrected chi connectivity index (χ0v) is 19.6. The number of hydrogen-bond donors (Lipinski definition) is 1. The smallest absolute Gasteiger partial charge is 0.195 e. The number of ether oxygens (including phenoxy) is 3. The van der Waals surface area contributed by atoms with E-state index in [-0.39, 0.29) is 36.1 Å². The quantitative estimate of drug-likeness (QED) is 0.275. The van der Waals surface area contributed by atoms with Crippen LogP contribution >= 0.6 is 0 Å². The van der Waals surface area contributed by atoms with Crippen LogP contribution in [-0.2, 0) is 24.4 Å². The maximum atomic E-state index is 13.0. The summed E-state index contributed by atoms with van der Waals surface area (Å²) in [5.41, 5.74) is 3.54. The van der Waals surface area contributed by atoms with Crippen LogP contribution < -0.4 is 9.47 Å². The lowest BCUT2D eigenvalue weighted by Crippen LogP contribution is -2.12. The molecule has 0 radical (unpaired) electrons. The topological polar surface area (TPSA) is 65.0 Å². The van der Waals surface area contributed by atoms with Crippen LogP contribution in [0.3, 0.4) is 0 Å². The first-order valence-electron chi connectivity index (χ1n) is 11.4. The van der Waals surface area contributed by atoms with Crippen molar-refractivity contribution in [1.82, 2.24) is 0 Å². The third-order valence-corrected chi connectivity index (χ3v) is 5.58. The van der Waals surface area contributed by atoms with E-state index in [9.17, 15) is 9.90 Å². The Hall–Kier alpha value is -4.09. The number of rotatable bonds is 11. The molecular formula is C30H28O5. The summed E-state index contributed by atoms with van der Waals surface area (Å²) in [6, 6.07) is 30.9. The van der Waals surface area contributed by atoms with Gasteiger partial charge >= 0.3 is 0 Å². The molecule has 5 nitrogen and oxygen atoms in total. The van der Waals surface area contributed by atoms with Crippen molar-refractivity contribution in [3.05, 3.63) is 125 Å². The van der Waals surface area contributed by atoms with Crippen molar-refractivity contribution >= 4 is 5.78 Å². The molecule has 0 unspecified atom stereocenters. The molecule has 1 N–H and O–H groups in total. The highest BCUT2D eigenvalue weighted by atomic mass is 16.5. The fourth-order valence-corrected chi connectivity index (χ4v) is 3.82. The predicted molar refractivity (Wildman–Crippen MR) is 135 cm³/mol. The molecule has 0 aliphatic heterocycles. The minimum Gasteiger partial charge on any atom is -0.507 e. The summed E-state index contributed by atoms with van der Waals surface area (Å²) in [6.07, 6.45) is 0.392. The van der Waals surface area contributed by atoms with Gasteiger partial charge in [0.1, 0.15) is 42.6 Å². The first-order chi connectivity index (χ1) is 17.2. The Kier molecular flexibility index (Phi) is 8.15. The lowest BCUT2D eigenvalue weighted by atomic mass is 9.97. The van der Waals surface area contributed by atoms with E-state index in [4.69, 9.17) is 14.2 Å². The standard InChI is InChI=1S/C30H28O5/c1-33-21-26(31)29-28(35-20-24-15-9-4-10-16-24)18-27(34-19-23-13-7-3-8-14-23)25(30(29)32)17-22-11-5-2-6-12-22/h2-16,18,32H,17,19-21H2,1H3. The van der Waals surface area contributed by atoms with E-state index in [1.54, 1.807) is 6.07 Å². The van der Waals surface area contributed by atoms with Gasteiger partial charge in [0.25, 0.3) is 0 Å². The zero-order chi connectivity index (χ0) is 24.5. The second-order valence-corrected chi connectivity index (χ2v) is 8.14. The SMILES string of the molecule is COCC(=O)c1c(OCc2ccccc2)cc(OCc2ccccc2)c(Cc2ccccc2)c1O. The Morgan fingerprint density at radius 2 is 1.20 bits per heavy atom. The molecule has 0 saturated heterocycles. The second-order valence-electron chi connectivity index (χ2n) is 8.14. The molecule has 0 aliphatic rings. The first-order valence-corrected chi connectivity index (χ1v) is 11.4. The van der Waals surface area contributed by atoms with E-state index in [0.29, 0.717) is 24.3 Å². The number of aromatic hydroxyl groups is 1. The minimum atomic E-state index is -0.364. The molecule has 0 heterocycles. The van der Waals surface area contributed by atoms with Gasteiger partial charge in [-0.15, -0.1) is 0 Å². The predicted octanol–water partition coefficient (Wildman–Crippen LogP) is 5.97. The molecule has 0 saturated carbocycles. The summed E-state index contributed by atoms with van der Waals surface area (Å²) >= 11 is 0. The summed E-state index contributed by atoms with van der Waals surface area (Å²) in [6.45, 7) is 0.375. The number of hydrogen-bond acceptors (Lipinski definition) is 5. The van der Waals surface area contributed by atoms with Gasteiger partial charge in [-0.1, -0.05) is 91.0 Å².